The fourth-order valence-electron chi connectivity index (χ4n) is 3.77. The summed E-state index contributed by atoms with van der Waals surface area (Å²) in [5.74, 6) is 1.25. The van der Waals surface area contributed by atoms with Crippen LogP contribution in [0.5, 0.6) is 11.5 Å². The summed E-state index contributed by atoms with van der Waals surface area (Å²) < 4.78 is 5.42. The minimum Gasteiger partial charge on any atom is -0.508 e. The number of aromatic amines is 1. The number of aryl methyl sites for hydroxylation is 1. The quantitative estimate of drug-likeness (QED) is 0.544. The van der Waals surface area contributed by atoms with E-state index >= 15 is 0 Å². The summed E-state index contributed by atoms with van der Waals surface area (Å²) in [5.41, 5.74) is 4.76. The standard InChI is InChI=1S/C24H31NO2/c1-16-13-17(7-10-22(16)26)23(2,3)11-12-24(4,5)20-15-25-21-9-8-18(27-6)14-19(20)21/h7-10,13-15,25-26H,11-12H2,1-6H3. The largest absolute Gasteiger partial charge is 0.508 e. The smallest absolute Gasteiger partial charge is 0.119 e. The van der Waals surface area contributed by atoms with Crippen molar-refractivity contribution in [1.82, 2.24) is 4.98 Å². The Kier molecular flexibility index (Phi) is 4.98. The normalized spacial score (nSPS) is 12.5. The van der Waals surface area contributed by atoms with Gasteiger partial charge in [-0.25, -0.2) is 0 Å². The Morgan fingerprint density at radius 1 is 0.963 bits per heavy atom. The van der Waals surface area contributed by atoms with Crippen LogP contribution in [-0.4, -0.2) is 17.2 Å². The van der Waals surface area contributed by atoms with E-state index in [0.29, 0.717) is 5.75 Å². The Bertz CT molecular complexity index is 950. The Hall–Kier alpha value is -2.42. The zero-order valence-corrected chi connectivity index (χ0v) is 17.3. The van der Waals surface area contributed by atoms with E-state index < -0.39 is 0 Å². The monoisotopic (exact) mass is 365 g/mol. The lowest BCUT2D eigenvalue weighted by molar-refractivity contribution is 0.375. The average Bonchev–Trinajstić information content (AvgIpc) is 3.06. The van der Waals surface area contributed by atoms with Gasteiger partial charge in [-0.05, 0) is 71.6 Å². The molecule has 3 heteroatoms. The number of methoxy groups -OCH3 is 1. The van der Waals surface area contributed by atoms with E-state index in [9.17, 15) is 5.11 Å². The first-order chi connectivity index (χ1) is 12.6. The summed E-state index contributed by atoms with van der Waals surface area (Å²) in [4.78, 5) is 3.40. The van der Waals surface area contributed by atoms with Crippen molar-refractivity contribution in [2.24, 2.45) is 0 Å². The van der Waals surface area contributed by atoms with Gasteiger partial charge in [0.2, 0.25) is 0 Å². The van der Waals surface area contributed by atoms with Gasteiger partial charge in [0.25, 0.3) is 0 Å². The molecule has 0 amide bonds. The lowest BCUT2D eigenvalue weighted by Gasteiger charge is -2.32. The van der Waals surface area contributed by atoms with E-state index in [1.807, 2.05) is 25.1 Å². The number of hydrogen-bond acceptors (Lipinski definition) is 2. The third kappa shape index (κ3) is 3.83. The molecule has 0 aliphatic heterocycles. The highest BCUT2D eigenvalue weighted by Crippen LogP contribution is 2.39. The van der Waals surface area contributed by atoms with Crippen LogP contribution in [0.4, 0.5) is 0 Å². The SMILES string of the molecule is COc1ccc2[nH]cc(C(C)(C)CCC(C)(C)c3ccc(O)c(C)c3)c2c1. The van der Waals surface area contributed by atoms with Gasteiger partial charge in [0.1, 0.15) is 11.5 Å². The number of ether oxygens (including phenoxy) is 1. The number of H-pyrrole nitrogens is 1. The minimum atomic E-state index is 0.0356. The molecule has 1 aromatic heterocycles. The van der Waals surface area contributed by atoms with Gasteiger partial charge in [-0.3, -0.25) is 0 Å². The van der Waals surface area contributed by atoms with Crippen LogP contribution in [0.1, 0.15) is 57.2 Å². The maximum atomic E-state index is 9.82. The predicted molar refractivity (Wildman–Crippen MR) is 113 cm³/mol. The molecule has 3 aromatic rings. The highest BCUT2D eigenvalue weighted by Gasteiger charge is 2.29. The Morgan fingerprint density at radius 2 is 1.67 bits per heavy atom. The molecule has 2 aromatic carbocycles. The number of fused-ring (bicyclic) bond motifs is 1. The van der Waals surface area contributed by atoms with Crippen molar-refractivity contribution in [2.75, 3.05) is 7.11 Å². The number of phenolic OH excluding ortho intramolecular Hbond substituents is 1. The van der Waals surface area contributed by atoms with Crippen LogP contribution < -0.4 is 4.74 Å². The van der Waals surface area contributed by atoms with Crippen LogP contribution >= 0.6 is 0 Å². The predicted octanol–water partition coefficient (Wildman–Crippen LogP) is 6.23. The molecule has 0 saturated heterocycles. The molecule has 0 atom stereocenters. The lowest BCUT2D eigenvalue weighted by atomic mass is 9.72. The molecule has 0 unspecified atom stereocenters. The van der Waals surface area contributed by atoms with E-state index in [1.165, 1.54) is 16.5 Å². The molecule has 0 radical (unpaired) electrons. The first-order valence-corrected chi connectivity index (χ1v) is 9.60. The molecule has 0 spiro atoms. The molecular weight excluding hydrogens is 334 g/mol. The number of phenols is 1. The van der Waals surface area contributed by atoms with E-state index in [2.05, 4.69) is 57.1 Å². The highest BCUT2D eigenvalue weighted by molar-refractivity contribution is 5.85. The fraction of sp³-hybridized carbons (Fsp3) is 0.417. The van der Waals surface area contributed by atoms with E-state index in [-0.39, 0.29) is 10.8 Å². The van der Waals surface area contributed by atoms with Gasteiger partial charge in [-0.2, -0.15) is 0 Å². The van der Waals surface area contributed by atoms with Crippen molar-refractivity contribution in [3.8, 4) is 11.5 Å². The van der Waals surface area contributed by atoms with Crippen LogP contribution in [0.25, 0.3) is 10.9 Å². The Balaban J connectivity index is 1.84. The number of hydrogen-bond donors (Lipinski definition) is 2. The summed E-state index contributed by atoms with van der Waals surface area (Å²) in [5, 5.41) is 11.1. The number of aromatic hydroxyl groups is 1. The van der Waals surface area contributed by atoms with Gasteiger partial charge < -0.3 is 14.8 Å². The first kappa shape index (κ1) is 19.3. The summed E-state index contributed by atoms with van der Waals surface area (Å²) in [6, 6.07) is 12.2. The van der Waals surface area contributed by atoms with Crippen LogP contribution in [0.3, 0.4) is 0 Å². The van der Waals surface area contributed by atoms with E-state index in [4.69, 9.17) is 4.74 Å². The molecule has 1 heterocycles. The number of rotatable bonds is 6. The average molecular weight is 366 g/mol. The number of benzene rings is 2. The van der Waals surface area contributed by atoms with Crippen LogP contribution in [0.2, 0.25) is 0 Å². The van der Waals surface area contributed by atoms with Crippen LogP contribution in [0.15, 0.2) is 42.6 Å². The zero-order valence-electron chi connectivity index (χ0n) is 17.3. The molecule has 0 saturated carbocycles. The van der Waals surface area contributed by atoms with Gasteiger partial charge in [-0.15, -0.1) is 0 Å². The number of nitrogens with one attached hydrogen (secondary N) is 1. The van der Waals surface area contributed by atoms with Gasteiger partial charge in [0.15, 0.2) is 0 Å². The topological polar surface area (TPSA) is 45.2 Å². The highest BCUT2D eigenvalue weighted by atomic mass is 16.5. The fourth-order valence-corrected chi connectivity index (χ4v) is 3.77. The third-order valence-electron chi connectivity index (χ3n) is 5.97. The van der Waals surface area contributed by atoms with Gasteiger partial charge in [-0.1, -0.05) is 39.8 Å². The minimum absolute atomic E-state index is 0.0356. The first-order valence-electron chi connectivity index (χ1n) is 9.60. The van der Waals surface area contributed by atoms with Gasteiger partial charge in [0.05, 0.1) is 7.11 Å². The molecule has 3 nitrogen and oxygen atoms in total. The summed E-state index contributed by atoms with van der Waals surface area (Å²) in [7, 11) is 1.71. The second kappa shape index (κ2) is 6.95. The Morgan fingerprint density at radius 3 is 2.33 bits per heavy atom. The third-order valence-corrected chi connectivity index (χ3v) is 5.97. The maximum absolute atomic E-state index is 9.82. The molecule has 2 N–H and O–H groups in total. The molecular formula is C24H31NO2. The number of aromatic nitrogens is 1. The van der Waals surface area contributed by atoms with E-state index in [0.717, 1.165) is 29.7 Å². The van der Waals surface area contributed by atoms with Gasteiger partial charge >= 0.3 is 0 Å². The summed E-state index contributed by atoms with van der Waals surface area (Å²) in [6.45, 7) is 11.2. The van der Waals surface area contributed by atoms with Crippen molar-refractivity contribution in [3.05, 3.63) is 59.3 Å². The second-order valence-corrected chi connectivity index (χ2v) is 8.88. The Labute approximate surface area is 162 Å². The lowest BCUT2D eigenvalue weighted by Crippen LogP contribution is -2.24. The molecule has 144 valence electrons. The van der Waals surface area contributed by atoms with Crippen LogP contribution in [-0.2, 0) is 10.8 Å². The van der Waals surface area contributed by atoms with Crippen LogP contribution in [0, 0.1) is 6.92 Å². The summed E-state index contributed by atoms with van der Waals surface area (Å²) >= 11 is 0. The van der Waals surface area contributed by atoms with E-state index in [1.54, 1.807) is 7.11 Å². The molecule has 27 heavy (non-hydrogen) atoms. The van der Waals surface area contributed by atoms with Crippen molar-refractivity contribution in [1.29, 1.82) is 0 Å². The van der Waals surface area contributed by atoms with Crippen molar-refractivity contribution >= 4 is 10.9 Å². The molecule has 0 bridgehead atoms. The summed E-state index contributed by atoms with van der Waals surface area (Å²) in [6.07, 6.45) is 4.26. The maximum Gasteiger partial charge on any atom is 0.119 e. The molecule has 0 aliphatic carbocycles. The van der Waals surface area contributed by atoms with Crippen molar-refractivity contribution < 1.29 is 9.84 Å². The zero-order chi connectivity index (χ0) is 19.8. The van der Waals surface area contributed by atoms with Crippen molar-refractivity contribution in [2.45, 2.75) is 58.3 Å². The molecule has 0 fully saturated rings. The van der Waals surface area contributed by atoms with Gasteiger partial charge in [0, 0.05) is 17.1 Å². The molecule has 3 rings (SSSR count). The van der Waals surface area contributed by atoms with Crippen molar-refractivity contribution in [3.63, 3.8) is 0 Å². The molecule has 0 aliphatic rings. The second-order valence-electron chi connectivity index (χ2n) is 8.88.